The third kappa shape index (κ3) is 3.62. The summed E-state index contributed by atoms with van der Waals surface area (Å²) >= 11 is 0. The van der Waals surface area contributed by atoms with E-state index in [1.54, 1.807) is 25.1 Å². The van der Waals surface area contributed by atoms with Crippen molar-refractivity contribution in [3.8, 4) is 11.1 Å². The summed E-state index contributed by atoms with van der Waals surface area (Å²) in [6.45, 7) is 3.24. The predicted molar refractivity (Wildman–Crippen MR) is 89.9 cm³/mol. The highest BCUT2D eigenvalue weighted by atomic mass is 19.1. The predicted octanol–water partition coefficient (Wildman–Crippen LogP) is 3.42. The van der Waals surface area contributed by atoms with Gasteiger partial charge in [-0.1, -0.05) is 12.1 Å². The average Bonchev–Trinajstić information content (AvgIpc) is 3.07. The van der Waals surface area contributed by atoms with E-state index < -0.39 is 5.82 Å². The maximum Gasteiger partial charge on any atom is 0.251 e. The summed E-state index contributed by atoms with van der Waals surface area (Å²) in [6.07, 6.45) is 2.15. The van der Waals surface area contributed by atoms with Crippen molar-refractivity contribution < 1.29 is 13.6 Å². The molecular weight excluding hydrogens is 310 g/mol. The van der Waals surface area contributed by atoms with Gasteiger partial charge in [-0.3, -0.25) is 4.79 Å². The van der Waals surface area contributed by atoms with Crippen LogP contribution in [0.3, 0.4) is 0 Å². The van der Waals surface area contributed by atoms with E-state index in [-0.39, 0.29) is 17.3 Å². The Bertz CT molecular complexity index is 755. The maximum atomic E-state index is 14.4. The van der Waals surface area contributed by atoms with Crippen LogP contribution in [0.5, 0.6) is 0 Å². The SMILES string of the molecule is Cc1cc(F)ccc1-c1ccc(C(=O)NCC2CCCN2)cc1F. The second kappa shape index (κ2) is 7.09. The van der Waals surface area contributed by atoms with Gasteiger partial charge in [-0.15, -0.1) is 0 Å². The molecule has 2 N–H and O–H groups in total. The van der Waals surface area contributed by atoms with Crippen LogP contribution in [0, 0.1) is 18.6 Å². The molecule has 1 unspecified atom stereocenters. The summed E-state index contributed by atoms with van der Waals surface area (Å²) < 4.78 is 27.6. The van der Waals surface area contributed by atoms with Crippen LogP contribution in [-0.2, 0) is 0 Å². The fourth-order valence-electron chi connectivity index (χ4n) is 3.05. The van der Waals surface area contributed by atoms with Crippen LogP contribution < -0.4 is 10.6 Å². The van der Waals surface area contributed by atoms with Gasteiger partial charge in [0.15, 0.2) is 0 Å². The van der Waals surface area contributed by atoms with Crippen LogP contribution in [0.2, 0.25) is 0 Å². The van der Waals surface area contributed by atoms with Crippen LogP contribution in [0.1, 0.15) is 28.8 Å². The highest BCUT2D eigenvalue weighted by molar-refractivity contribution is 5.94. The molecule has 0 spiro atoms. The minimum absolute atomic E-state index is 0.286. The van der Waals surface area contributed by atoms with Gasteiger partial charge in [0.2, 0.25) is 0 Å². The van der Waals surface area contributed by atoms with Crippen LogP contribution in [0.15, 0.2) is 36.4 Å². The van der Waals surface area contributed by atoms with Gasteiger partial charge >= 0.3 is 0 Å². The van der Waals surface area contributed by atoms with Gasteiger partial charge in [0.05, 0.1) is 0 Å². The summed E-state index contributed by atoms with van der Waals surface area (Å²) in [6, 6.07) is 8.90. The minimum atomic E-state index is -0.489. The van der Waals surface area contributed by atoms with Gasteiger partial charge in [0, 0.05) is 23.7 Å². The first-order valence-electron chi connectivity index (χ1n) is 8.12. The molecule has 1 fully saturated rings. The maximum absolute atomic E-state index is 14.4. The number of aryl methyl sites for hydroxylation is 1. The molecule has 1 atom stereocenters. The Balaban J connectivity index is 1.75. The van der Waals surface area contributed by atoms with E-state index >= 15 is 0 Å². The summed E-state index contributed by atoms with van der Waals surface area (Å²) in [5, 5.41) is 6.13. The second-order valence-electron chi connectivity index (χ2n) is 6.16. The van der Waals surface area contributed by atoms with Gasteiger partial charge in [0.25, 0.3) is 5.91 Å². The molecule has 24 heavy (non-hydrogen) atoms. The second-order valence-corrected chi connectivity index (χ2v) is 6.16. The zero-order valence-electron chi connectivity index (χ0n) is 13.5. The molecular formula is C19H20F2N2O. The lowest BCUT2D eigenvalue weighted by Crippen LogP contribution is -2.37. The summed E-state index contributed by atoms with van der Waals surface area (Å²) in [7, 11) is 0. The lowest BCUT2D eigenvalue weighted by Gasteiger charge is -2.12. The molecule has 5 heteroatoms. The molecule has 0 aromatic heterocycles. The number of amides is 1. The van der Waals surface area contributed by atoms with E-state index in [0.717, 1.165) is 19.4 Å². The van der Waals surface area contributed by atoms with Crippen molar-refractivity contribution in [1.82, 2.24) is 10.6 Å². The molecule has 1 saturated heterocycles. The van der Waals surface area contributed by atoms with E-state index in [9.17, 15) is 13.6 Å². The molecule has 1 amide bonds. The Morgan fingerprint density at radius 2 is 2.00 bits per heavy atom. The fourth-order valence-corrected chi connectivity index (χ4v) is 3.05. The lowest BCUT2D eigenvalue weighted by molar-refractivity contribution is 0.0950. The summed E-state index contributed by atoms with van der Waals surface area (Å²) in [5.41, 5.74) is 1.92. The molecule has 0 aliphatic carbocycles. The molecule has 2 aromatic carbocycles. The summed E-state index contributed by atoms with van der Waals surface area (Å²) in [5.74, 6) is -1.13. The van der Waals surface area contributed by atoms with Crippen molar-refractivity contribution in [1.29, 1.82) is 0 Å². The zero-order valence-corrected chi connectivity index (χ0v) is 13.5. The van der Waals surface area contributed by atoms with Crippen molar-refractivity contribution in [2.75, 3.05) is 13.1 Å². The third-order valence-electron chi connectivity index (χ3n) is 4.38. The van der Waals surface area contributed by atoms with Crippen LogP contribution in [-0.4, -0.2) is 25.0 Å². The molecule has 1 aliphatic rings. The molecule has 3 nitrogen and oxygen atoms in total. The Kier molecular flexibility index (Phi) is 4.90. The Morgan fingerprint density at radius 1 is 1.21 bits per heavy atom. The first kappa shape index (κ1) is 16.6. The molecule has 1 heterocycles. The molecule has 1 aliphatic heterocycles. The minimum Gasteiger partial charge on any atom is -0.350 e. The van der Waals surface area contributed by atoms with Crippen LogP contribution in [0.4, 0.5) is 8.78 Å². The molecule has 2 aromatic rings. The number of hydrogen-bond acceptors (Lipinski definition) is 2. The molecule has 3 rings (SSSR count). The van der Waals surface area contributed by atoms with Crippen molar-refractivity contribution in [2.45, 2.75) is 25.8 Å². The number of nitrogens with one attached hydrogen (secondary N) is 2. The van der Waals surface area contributed by atoms with Crippen molar-refractivity contribution in [2.24, 2.45) is 0 Å². The smallest absolute Gasteiger partial charge is 0.251 e. The van der Waals surface area contributed by atoms with Crippen molar-refractivity contribution in [3.05, 3.63) is 59.2 Å². The molecule has 0 saturated carbocycles. The van der Waals surface area contributed by atoms with E-state index in [4.69, 9.17) is 0 Å². The number of carbonyl (C=O) groups excluding carboxylic acids is 1. The van der Waals surface area contributed by atoms with Gasteiger partial charge < -0.3 is 10.6 Å². The van der Waals surface area contributed by atoms with Gasteiger partial charge in [-0.25, -0.2) is 8.78 Å². The Hall–Kier alpha value is -2.27. The van der Waals surface area contributed by atoms with Gasteiger partial charge in [-0.05, 0) is 61.7 Å². The molecule has 0 radical (unpaired) electrons. The number of rotatable bonds is 4. The fraction of sp³-hybridized carbons (Fsp3) is 0.316. The van der Waals surface area contributed by atoms with Crippen molar-refractivity contribution >= 4 is 5.91 Å². The molecule has 0 bridgehead atoms. The quantitative estimate of drug-likeness (QED) is 0.902. The zero-order chi connectivity index (χ0) is 17.1. The van der Waals surface area contributed by atoms with Crippen molar-refractivity contribution in [3.63, 3.8) is 0 Å². The number of benzene rings is 2. The number of halogens is 2. The standard InChI is InChI=1S/C19H20F2N2O/c1-12-9-14(20)5-7-16(12)17-6-4-13(10-18(17)21)19(24)23-11-15-3-2-8-22-15/h4-7,9-10,15,22H,2-3,8,11H2,1H3,(H,23,24). The first-order valence-corrected chi connectivity index (χ1v) is 8.12. The van der Waals surface area contributed by atoms with E-state index in [1.807, 2.05) is 0 Å². The lowest BCUT2D eigenvalue weighted by atomic mass is 9.98. The van der Waals surface area contributed by atoms with E-state index in [1.165, 1.54) is 18.2 Å². The Labute approximate surface area is 140 Å². The molecule has 126 valence electrons. The Morgan fingerprint density at radius 3 is 2.67 bits per heavy atom. The normalized spacial score (nSPS) is 17.0. The van der Waals surface area contributed by atoms with Crippen LogP contribution >= 0.6 is 0 Å². The highest BCUT2D eigenvalue weighted by Crippen LogP contribution is 2.27. The average molecular weight is 330 g/mol. The highest BCUT2D eigenvalue weighted by Gasteiger charge is 2.16. The third-order valence-corrected chi connectivity index (χ3v) is 4.38. The van der Waals surface area contributed by atoms with Gasteiger partial charge in [-0.2, -0.15) is 0 Å². The number of carbonyl (C=O) groups is 1. The monoisotopic (exact) mass is 330 g/mol. The van der Waals surface area contributed by atoms with Gasteiger partial charge in [0.1, 0.15) is 11.6 Å². The van der Waals surface area contributed by atoms with Crippen LogP contribution in [0.25, 0.3) is 11.1 Å². The first-order chi connectivity index (χ1) is 11.5. The van der Waals surface area contributed by atoms with E-state index in [2.05, 4.69) is 10.6 Å². The topological polar surface area (TPSA) is 41.1 Å². The number of hydrogen-bond donors (Lipinski definition) is 2. The largest absolute Gasteiger partial charge is 0.350 e. The summed E-state index contributed by atoms with van der Waals surface area (Å²) in [4.78, 5) is 12.2. The van der Waals surface area contributed by atoms with E-state index in [0.29, 0.717) is 29.3 Å².